The highest BCUT2D eigenvalue weighted by Crippen LogP contribution is 2.35. The number of benzene rings is 3. The van der Waals surface area contributed by atoms with Crippen LogP contribution < -0.4 is 10.1 Å². The fourth-order valence-electron chi connectivity index (χ4n) is 2.78. The Morgan fingerprint density at radius 1 is 0.870 bits per heavy atom. The van der Waals surface area contributed by atoms with Gasteiger partial charge in [-0.3, -0.25) is 0 Å². The van der Waals surface area contributed by atoms with Gasteiger partial charge in [-0.2, -0.15) is 0 Å². The molecule has 2 nitrogen and oxygen atoms in total. The van der Waals surface area contributed by atoms with Gasteiger partial charge in [-0.25, -0.2) is 0 Å². The van der Waals surface area contributed by atoms with E-state index in [-0.39, 0.29) is 0 Å². The summed E-state index contributed by atoms with van der Waals surface area (Å²) < 4.78 is 7.87. The van der Waals surface area contributed by atoms with Crippen molar-refractivity contribution in [3.63, 3.8) is 0 Å². The van der Waals surface area contributed by atoms with E-state index in [1.165, 1.54) is 25.7 Å². The van der Waals surface area contributed by atoms with Crippen molar-refractivity contribution >= 4 is 37.2 Å². The molecule has 3 aromatic carbocycles. The summed E-state index contributed by atoms with van der Waals surface area (Å²) in [5.74, 6) is 0.889. The van der Waals surface area contributed by atoms with Crippen LogP contribution in [-0.2, 0) is 6.54 Å². The molecular weight excluding hydrogens is 302 g/mol. The summed E-state index contributed by atoms with van der Waals surface area (Å²) in [6.45, 7) is 0.803. The second-order valence-corrected chi connectivity index (χ2v) is 6.59. The van der Waals surface area contributed by atoms with Gasteiger partial charge in [0.25, 0.3) is 0 Å². The van der Waals surface area contributed by atoms with E-state index in [1.807, 2.05) is 23.5 Å². The maximum atomic E-state index is 5.19. The molecule has 0 atom stereocenters. The fourth-order valence-corrected chi connectivity index (χ4v) is 3.87. The first-order valence-electron chi connectivity index (χ1n) is 7.61. The molecule has 0 spiro atoms. The SMILES string of the molecule is COc1ccc(CNc2ccc3sc4ccccc4c3c2)cc1. The normalized spacial score (nSPS) is 11.0. The predicted octanol–water partition coefficient (Wildman–Crippen LogP) is 5.68. The molecule has 0 fully saturated rings. The van der Waals surface area contributed by atoms with Crippen LogP contribution in [0.2, 0.25) is 0 Å². The molecular formula is C20H17NOS. The Morgan fingerprint density at radius 2 is 1.65 bits per heavy atom. The Balaban J connectivity index is 1.59. The zero-order valence-electron chi connectivity index (χ0n) is 12.9. The molecule has 114 valence electrons. The lowest BCUT2D eigenvalue weighted by Gasteiger charge is -2.08. The molecule has 0 radical (unpaired) electrons. The standard InChI is InChI=1S/C20H17NOS/c1-22-16-9-6-14(7-10-16)13-21-15-8-11-20-18(12-15)17-4-2-3-5-19(17)23-20/h2-12,21H,13H2,1H3. The minimum absolute atomic E-state index is 0.803. The number of nitrogens with one attached hydrogen (secondary N) is 1. The van der Waals surface area contributed by atoms with Gasteiger partial charge in [0, 0.05) is 32.4 Å². The van der Waals surface area contributed by atoms with Crippen molar-refractivity contribution in [3.05, 3.63) is 72.3 Å². The lowest BCUT2D eigenvalue weighted by molar-refractivity contribution is 0.414. The van der Waals surface area contributed by atoms with Gasteiger partial charge >= 0.3 is 0 Å². The van der Waals surface area contributed by atoms with Crippen molar-refractivity contribution in [3.8, 4) is 5.75 Å². The topological polar surface area (TPSA) is 21.3 Å². The number of thiophene rings is 1. The molecule has 4 aromatic rings. The van der Waals surface area contributed by atoms with Gasteiger partial charge in [0.1, 0.15) is 5.75 Å². The van der Waals surface area contributed by atoms with Crippen LogP contribution in [0.4, 0.5) is 5.69 Å². The lowest BCUT2D eigenvalue weighted by Crippen LogP contribution is -1.99. The zero-order chi connectivity index (χ0) is 15.6. The van der Waals surface area contributed by atoms with E-state index in [9.17, 15) is 0 Å². The summed E-state index contributed by atoms with van der Waals surface area (Å²) >= 11 is 1.85. The van der Waals surface area contributed by atoms with Crippen molar-refractivity contribution < 1.29 is 4.74 Å². The number of fused-ring (bicyclic) bond motifs is 3. The minimum Gasteiger partial charge on any atom is -0.497 e. The van der Waals surface area contributed by atoms with Gasteiger partial charge in [-0.15, -0.1) is 11.3 Å². The Morgan fingerprint density at radius 3 is 2.48 bits per heavy atom. The van der Waals surface area contributed by atoms with Crippen molar-refractivity contribution in [2.45, 2.75) is 6.54 Å². The van der Waals surface area contributed by atoms with Crippen LogP contribution in [0.5, 0.6) is 5.75 Å². The summed E-state index contributed by atoms with van der Waals surface area (Å²) in [6.07, 6.45) is 0. The van der Waals surface area contributed by atoms with Crippen LogP contribution in [0.3, 0.4) is 0 Å². The monoisotopic (exact) mass is 319 g/mol. The first-order valence-corrected chi connectivity index (χ1v) is 8.43. The molecule has 4 rings (SSSR count). The summed E-state index contributed by atoms with van der Waals surface area (Å²) in [6, 6.07) is 23.3. The van der Waals surface area contributed by atoms with Gasteiger partial charge in [-0.1, -0.05) is 30.3 Å². The van der Waals surface area contributed by atoms with Crippen LogP contribution in [0, 0.1) is 0 Å². The number of rotatable bonds is 4. The molecule has 1 aromatic heterocycles. The first-order chi connectivity index (χ1) is 11.3. The molecule has 23 heavy (non-hydrogen) atoms. The van der Waals surface area contributed by atoms with E-state index in [0.29, 0.717) is 0 Å². The summed E-state index contributed by atoms with van der Waals surface area (Å²) in [4.78, 5) is 0. The van der Waals surface area contributed by atoms with Gasteiger partial charge < -0.3 is 10.1 Å². The molecule has 1 N–H and O–H groups in total. The van der Waals surface area contributed by atoms with Gasteiger partial charge in [0.05, 0.1) is 7.11 Å². The maximum absolute atomic E-state index is 5.19. The number of ether oxygens (including phenoxy) is 1. The summed E-state index contributed by atoms with van der Waals surface area (Å²) in [7, 11) is 1.69. The summed E-state index contributed by atoms with van der Waals surface area (Å²) in [5, 5.41) is 6.17. The second kappa shape index (κ2) is 5.94. The Labute approximate surface area is 139 Å². The van der Waals surface area contributed by atoms with Crippen LogP contribution in [-0.4, -0.2) is 7.11 Å². The zero-order valence-corrected chi connectivity index (χ0v) is 13.7. The van der Waals surface area contributed by atoms with Crippen molar-refractivity contribution in [1.29, 1.82) is 0 Å². The highest BCUT2D eigenvalue weighted by atomic mass is 32.1. The van der Waals surface area contributed by atoms with Crippen molar-refractivity contribution in [1.82, 2.24) is 0 Å². The smallest absolute Gasteiger partial charge is 0.118 e. The van der Waals surface area contributed by atoms with Crippen LogP contribution in [0.1, 0.15) is 5.56 Å². The molecule has 0 saturated heterocycles. The Bertz CT molecular complexity index is 956. The van der Waals surface area contributed by atoms with Crippen LogP contribution in [0.25, 0.3) is 20.2 Å². The average Bonchev–Trinajstić information content (AvgIpc) is 2.98. The summed E-state index contributed by atoms with van der Waals surface area (Å²) in [5.41, 5.74) is 2.39. The fraction of sp³-hybridized carbons (Fsp3) is 0.100. The van der Waals surface area contributed by atoms with Gasteiger partial charge in [0.2, 0.25) is 0 Å². The van der Waals surface area contributed by atoms with Crippen LogP contribution in [0.15, 0.2) is 66.7 Å². The maximum Gasteiger partial charge on any atom is 0.118 e. The molecule has 0 amide bonds. The van der Waals surface area contributed by atoms with E-state index in [0.717, 1.165) is 18.0 Å². The molecule has 0 bridgehead atoms. The van der Waals surface area contributed by atoms with E-state index in [2.05, 4.69) is 59.9 Å². The van der Waals surface area contributed by atoms with E-state index >= 15 is 0 Å². The first kappa shape index (κ1) is 14.1. The van der Waals surface area contributed by atoms with Gasteiger partial charge in [0.15, 0.2) is 0 Å². The molecule has 0 aliphatic carbocycles. The van der Waals surface area contributed by atoms with E-state index < -0.39 is 0 Å². The molecule has 0 aliphatic rings. The number of methoxy groups -OCH3 is 1. The Kier molecular flexibility index (Phi) is 3.64. The number of hydrogen-bond acceptors (Lipinski definition) is 3. The molecule has 3 heteroatoms. The minimum atomic E-state index is 0.803. The lowest BCUT2D eigenvalue weighted by atomic mass is 10.1. The highest BCUT2D eigenvalue weighted by Gasteiger charge is 2.05. The predicted molar refractivity (Wildman–Crippen MR) is 99.7 cm³/mol. The third-order valence-electron chi connectivity index (χ3n) is 4.03. The quantitative estimate of drug-likeness (QED) is 0.523. The Hall–Kier alpha value is -2.52. The van der Waals surface area contributed by atoms with E-state index in [4.69, 9.17) is 4.74 Å². The number of anilines is 1. The largest absolute Gasteiger partial charge is 0.497 e. The van der Waals surface area contributed by atoms with Crippen LogP contribution >= 0.6 is 11.3 Å². The molecule has 0 unspecified atom stereocenters. The molecule has 0 saturated carbocycles. The highest BCUT2D eigenvalue weighted by molar-refractivity contribution is 7.25. The van der Waals surface area contributed by atoms with Crippen molar-refractivity contribution in [2.24, 2.45) is 0 Å². The second-order valence-electron chi connectivity index (χ2n) is 5.51. The molecule has 1 heterocycles. The van der Waals surface area contributed by atoms with Crippen molar-refractivity contribution in [2.75, 3.05) is 12.4 Å². The third-order valence-corrected chi connectivity index (χ3v) is 5.18. The van der Waals surface area contributed by atoms with Gasteiger partial charge in [-0.05, 0) is 42.0 Å². The van der Waals surface area contributed by atoms with E-state index in [1.54, 1.807) is 7.11 Å². The number of hydrogen-bond donors (Lipinski definition) is 1. The third kappa shape index (κ3) is 2.76. The average molecular weight is 319 g/mol. The molecule has 0 aliphatic heterocycles.